The lowest BCUT2D eigenvalue weighted by atomic mass is 10.1. The van der Waals surface area contributed by atoms with E-state index >= 15 is 0 Å². The first-order valence-electron chi connectivity index (χ1n) is 3.55. The summed E-state index contributed by atoms with van der Waals surface area (Å²) in [5.41, 5.74) is 0. The van der Waals surface area contributed by atoms with E-state index in [-0.39, 0.29) is 0 Å². The fourth-order valence-electron chi connectivity index (χ4n) is 0.710. The number of rotatable bonds is 5. The minimum Gasteiger partial charge on any atom is -0.393 e. The van der Waals surface area contributed by atoms with E-state index in [1.807, 2.05) is 0 Å². The molecule has 0 aromatic carbocycles. The van der Waals surface area contributed by atoms with Gasteiger partial charge in [-0.05, 0) is 6.42 Å². The number of alkyl halides is 1. The van der Waals surface area contributed by atoms with Gasteiger partial charge in [0.15, 0.2) is 0 Å². The van der Waals surface area contributed by atoms with Gasteiger partial charge in [-0.25, -0.2) is 0 Å². The number of aliphatic hydroxyl groups excluding tert-OH is 1. The predicted octanol–water partition coefficient (Wildman–Crippen LogP) is 1.90. The van der Waals surface area contributed by atoms with Crippen LogP contribution in [0.1, 0.15) is 32.6 Å². The summed E-state index contributed by atoms with van der Waals surface area (Å²) in [6.45, 7) is 1.66. The molecule has 0 fully saturated rings. The van der Waals surface area contributed by atoms with Gasteiger partial charge in [-0.2, -0.15) is 0 Å². The second-order valence-electron chi connectivity index (χ2n) is 2.27. The van der Waals surface area contributed by atoms with Crippen molar-refractivity contribution in [3.8, 4) is 0 Å². The number of hydrogen-bond donors (Lipinski definition) is 1. The highest BCUT2D eigenvalue weighted by Crippen LogP contribution is 2.03. The molecule has 56 valence electrons. The third kappa shape index (κ3) is 5.77. The lowest BCUT2D eigenvalue weighted by Crippen LogP contribution is -2.06. The highest BCUT2D eigenvalue weighted by Gasteiger charge is 2.00. The number of hydrogen-bond acceptors (Lipinski definition) is 1. The van der Waals surface area contributed by atoms with E-state index in [0.29, 0.717) is 6.42 Å². The van der Waals surface area contributed by atoms with Crippen molar-refractivity contribution in [3.63, 3.8) is 0 Å². The third-order valence-corrected chi connectivity index (χ3v) is 1.33. The van der Waals surface area contributed by atoms with E-state index in [1.165, 1.54) is 0 Å². The van der Waals surface area contributed by atoms with Crippen molar-refractivity contribution in [2.75, 3.05) is 6.67 Å². The van der Waals surface area contributed by atoms with Crippen molar-refractivity contribution in [2.24, 2.45) is 0 Å². The molecule has 0 aromatic rings. The summed E-state index contributed by atoms with van der Waals surface area (Å²) >= 11 is 0. The van der Waals surface area contributed by atoms with Crippen LogP contribution >= 0.6 is 0 Å². The van der Waals surface area contributed by atoms with E-state index in [4.69, 9.17) is 5.11 Å². The summed E-state index contributed by atoms with van der Waals surface area (Å²) in [4.78, 5) is 0. The van der Waals surface area contributed by atoms with Crippen molar-refractivity contribution >= 4 is 0 Å². The molecule has 0 amide bonds. The largest absolute Gasteiger partial charge is 0.393 e. The van der Waals surface area contributed by atoms with Crippen molar-refractivity contribution in [1.29, 1.82) is 0 Å². The van der Waals surface area contributed by atoms with Gasteiger partial charge in [0.05, 0.1) is 12.8 Å². The molecule has 1 unspecified atom stereocenters. The smallest absolute Gasteiger partial charge is 0.0919 e. The molecular formula is C7H15FO. The summed E-state index contributed by atoms with van der Waals surface area (Å²) in [6.07, 6.45) is 2.72. The van der Waals surface area contributed by atoms with E-state index in [0.717, 1.165) is 19.3 Å². The van der Waals surface area contributed by atoms with Gasteiger partial charge >= 0.3 is 0 Å². The normalized spacial score (nSPS) is 13.7. The van der Waals surface area contributed by atoms with Gasteiger partial charge in [0.1, 0.15) is 0 Å². The monoisotopic (exact) mass is 134 g/mol. The van der Waals surface area contributed by atoms with Gasteiger partial charge in [0.2, 0.25) is 0 Å². The molecule has 1 N–H and O–H groups in total. The Bertz CT molecular complexity index is 56.9. The Morgan fingerprint density at radius 3 is 2.56 bits per heavy atom. The minimum atomic E-state index is -0.407. The lowest BCUT2D eigenvalue weighted by Gasteiger charge is -2.05. The predicted molar refractivity (Wildman–Crippen MR) is 36.1 cm³/mol. The van der Waals surface area contributed by atoms with Gasteiger partial charge < -0.3 is 5.11 Å². The Balaban J connectivity index is 2.95. The topological polar surface area (TPSA) is 20.2 Å². The quantitative estimate of drug-likeness (QED) is 0.608. The zero-order chi connectivity index (χ0) is 7.11. The van der Waals surface area contributed by atoms with Crippen LogP contribution in [-0.4, -0.2) is 17.9 Å². The van der Waals surface area contributed by atoms with Crippen LogP contribution in [0.25, 0.3) is 0 Å². The molecule has 0 aliphatic rings. The maximum Gasteiger partial charge on any atom is 0.0919 e. The molecule has 9 heavy (non-hydrogen) atoms. The Labute approximate surface area is 55.9 Å². The minimum absolute atomic E-state index is 0.306. The van der Waals surface area contributed by atoms with Crippen LogP contribution in [0.15, 0.2) is 0 Å². The average molecular weight is 134 g/mol. The molecule has 1 atom stereocenters. The molecule has 1 nitrogen and oxygen atoms in total. The summed E-state index contributed by atoms with van der Waals surface area (Å²) in [7, 11) is 0. The summed E-state index contributed by atoms with van der Waals surface area (Å²) in [5.74, 6) is 0. The molecule has 0 radical (unpaired) electrons. The van der Waals surface area contributed by atoms with Crippen molar-refractivity contribution < 1.29 is 9.50 Å². The molecular weight excluding hydrogens is 119 g/mol. The Morgan fingerprint density at radius 2 is 2.11 bits per heavy atom. The first-order chi connectivity index (χ1) is 4.31. The van der Waals surface area contributed by atoms with Crippen LogP contribution in [0.5, 0.6) is 0 Å². The average Bonchev–Trinajstić information content (AvgIpc) is 1.85. The first kappa shape index (κ1) is 8.89. The van der Waals surface area contributed by atoms with E-state index in [1.54, 1.807) is 0 Å². The standard InChI is InChI=1S/C7H15FO/c1-2-3-4-7(9)5-6-8/h7,9H,2-6H2,1H3. The van der Waals surface area contributed by atoms with Crippen LogP contribution in [0, 0.1) is 0 Å². The Hall–Kier alpha value is -0.110. The molecule has 0 spiro atoms. The summed E-state index contributed by atoms with van der Waals surface area (Å²) in [5, 5.41) is 8.94. The number of aliphatic hydroxyl groups is 1. The fourth-order valence-corrected chi connectivity index (χ4v) is 0.710. The van der Waals surface area contributed by atoms with Crippen LogP contribution in [0.4, 0.5) is 4.39 Å². The fraction of sp³-hybridized carbons (Fsp3) is 1.00. The first-order valence-corrected chi connectivity index (χ1v) is 3.55. The molecule has 2 heteroatoms. The second-order valence-corrected chi connectivity index (χ2v) is 2.27. The van der Waals surface area contributed by atoms with Crippen molar-refractivity contribution in [2.45, 2.75) is 38.7 Å². The van der Waals surface area contributed by atoms with Crippen LogP contribution in [0.2, 0.25) is 0 Å². The Kier molecular flexibility index (Phi) is 5.94. The molecule has 0 bridgehead atoms. The van der Waals surface area contributed by atoms with Gasteiger partial charge in [-0.1, -0.05) is 19.8 Å². The second kappa shape index (κ2) is 6.02. The number of halogens is 1. The summed E-state index contributed by atoms with van der Waals surface area (Å²) in [6, 6.07) is 0. The molecule has 0 aliphatic carbocycles. The zero-order valence-electron chi connectivity index (χ0n) is 5.94. The van der Waals surface area contributed by atoms with Crippen LogP contribution in [-0.2, 0) is 0 Å². The Morgan fingerprint density at radius 1 is 1.44 bits per heavy atom. The van der Waals surface area contributed by atoms with Gasteiger partial charge in [-0.15, -0.1) is 0 Å². The maximum atomic E-state index is 11.5. The number of unbranched alkanes of at least 4 members (excludes halogenated alkanes) is 1. The zero-order valence-corrected chi connectivity index (χ0v) is 5.94. The summed E-state index contributed by atoms with van der Waals surface area (Å²) < 4.78 is 11.5. The SMILES string of the molecule is CCCCC(O)CCF. The van der Waals surface area contributed by atoms with Crippen LogP contribution in [0.3, 0.4) is 0 Å². The lowest BCUT2D eigenvalue weighted by molar-refractivity contribution is 0.141. The van der Waals surface area contributed by atoms with Gasteiger partial charge in [0, 0.05) is 6.42 Å². The van der Waals surface area contributed by atoms with Crippen molar-refractivity contribution in [1.82, 2.24) is 0 Å². The van der Waals surface area contributed by atoms with Gasteiger partial charge in [-0.3, -0.25) is 4.39 Å². The van der Waals surface area contributed by atoms with E-state index in [2.05, 4.69) is 6.92 Å². The van der Waals surface area contributed by atoms with E-state index in [9.17, 15) is 4.39 Å². The molecule has 0 heterocycles. The highest BCUT2D eigenvalue weighted by molar-refractivity contribution is 4.53. The highest BCUT2D eigenvalue weighted by atomic mass is 19.1. The van der Waals surface area contributed by atoms with E-state index < -0.39 is 12.8 Å². The molecule has 0 rings (SSSR count). The maximum absolute atomic E-state index is 11.5. The van der Waals surface area contributed by atoms with Crippen molar-refractivity contribution in [3.05, 3.63) is 0 Å². The molecule has 0 saturated carbocycles. The molecule has 0 aromatic heterocycles. The van der Waals surface area contributed by atoms with Gasteiger partial charge in [0.25, 0.3) is 0 Å². The van der Waals surface area contributed by atoms with Crippen LogP contribution < -0.4 is 0 Å². The molecule has 0 saturated heterocycles. The third-order valence-electron chi connectivity index (χ3n) is 1.33. The molecule has 0 aliphatic heterocycles.